The molecular weight excluding hydrogens is 212 g/mol. The Labute approximate surface area is 94.6 Å². The summed E-state index contributed by atoms with van der Waals surface area (Å²) in [5.74, 6) is -1.83. The number of nitrogens with zero attached hydrogens (tertiary/aromatic N) is 1. The van der Waals surface area contributed by atoms with Crippen LogP contribution in [0.5, 0.6) is 0 Å². The van der Waals surface area contributed by atoms with Gasteiger partial charge in [0.15, 0.2) is 0 Å². The van der Waals surface area contributed by atoms with Crippen molar-refractivity contribution < 1.29 is 19.5 Å². The molecule has 0 radical (unpaired) electrons. The second-order valence-corrected chi connectivity index (χ2v) is 3.75. The molecule has 0 aromatic heterocycles. The van der Waals surface area contributed by atoms with E-state index < -0.39 is 11.9 Å². The lowest BCUT2D eigenvalue weighted by Crippen LogP contribution is -2.38. The summed E-state index contributed by atoms with van der Waals surface area (Å²) in [6.45, 7) is 3.25. The number of rotatable bonds is 6. The Bertz CT molecular complexity index is 278. The molecule has 0 aliphatic heterocycles. The monoisotopic (exact) mass is 230 g/mol. The zero-order chi connectivity index (χ0) is 12.7. The molecule has 0 saturated heterocycles. The number of aliphatic carboxylic acids is 1. The minimum atomic E-state index is -0.880. The molecule has 6 heteroatoms. The van der Waals surface area contributed by atoms with Gasteiger partial charge in [-0.3, -0.25) is 14.4 Å². The maximum Gasteiger partial charge on any atom is 0.306 e. The normalized spacial score (nSPS) is 11.7. The molecule has 2 N–H and O–H groups in total. The van der Waals surface area contributed by atoms with Crippen molar-refractivity contribution in [3.05, 3.63) is 0 Å². The van der Waals surface area contributed by atoms with Gasteiger partial charge in [0, 0.05) is 20.5 Å². The zero-order valence-corrected chi connectivity index (χ0v) is 9.82. The van der Waals surface area contributed by atoms with Crippen molar-refractivity contribution in [3.63, 3.8) is 0 Å². The highest BCUT2D eigenvalue weighted by Crippen LogP contribution is 1.99. The Morgan fingerprint density at radius 3 is 2.38 bits per heavy atom. The van der Waals surface area contributed by atoms with Crippen molar-refractivity contribution in [1.29, 1.82) is 0 Å². The van der Waals surface area contributed by atoms with E-state index in [1.54, 1.807) is 6.92 Å². The van der Waals surface area contributed by atoms with Gasteiger partial charge in [0.1, 0.15) is 0 Å². The van der Waals surface area contributed by atoms with Gasteiger partial charge in [-0.15, -0.1) is 0 Å². The van der Waals surface area contributed by atoms with E-state index in [9.17, 15) is 14.4 Å². The van der Waals surface area contributed by atoms with Crippen molar-refractivity contribution in [2.45, 2.75) is 20.3 Å². The maximum absolute atomic E-state index is 11.3. The average molecular weight is 230 g/mol. The Hall–Kier alpha value is -1.59. The summed E-state index contributed by atoms with van der Waals surface area (Å²) in [5, 5.41) is 11.2. The number of carboxylic acids is 1. The zero-order valence-electron chi connectivity index (χ0n) is 9.82. The number of carbonyl (C=O) groups excluding carboxylic acids is 2. The molecule has 0 rings (SSSR count). The summed E-state index contributed by atoms with van der Waals surface area (Å²) in [6.07, 6.45) is 0.380. The van der Waals surface area contributed by atoms with Gasteiger partial charge in [-0.05, 0) is 6.42 Å². The van der Waals surface area contributed by atoms with E-state index in [0.717, 1.165) is 0 Å². The van der Waals surface area contributed by atoms with Crippen molar-refractivity contribution in [3.8, 4) is 0 Å². The van der Waals surface area contributed by atoms with Crippen LogP contribution in [0, 0.1) is 5.92 Å². The summed E-state index contributed by atoms with van der Waals surface area (Å²) >= 11 is 0. The van der Waals surface area contributed by atoms with E-state index in [2.05, 4.69) is 5.32 Å². The number of nitrogens with one attached hydrogen (secondary N) is 1. The van der Waals surface area contributed by atoms with Crippen LogP contribution in [0.3, 0.4) is 0 Å². The summed E-state index contributed by atoms with van der Waals surface area (Å²) < 4.78 is 0. The van der Waals surface area contributed by atoms with Crippen molar-refractivity contribution in [2.24, 2.45) is 5.92 Å². The fourth-order valence-corrected chi connectivity index (χ4v) is 0.934. The van der Waals surface area contributed by atoms with Gasteiger partial charge in [-0.25, -0.2) is 0 Å². The topological polar surface area (TPSA) is 86.7 Å². The second kappa shape index (κ2) is 6.81. The third-order valence-corrected chi connectivity index (χ3v) is 2.24. The van der Waals surface area contributed by atoms with Crippen LogP contribution in [0.4, 0.5) is 0 Å². The van der Waals surface area contributed by atoms with Crippen LogP contribution in [-0.2, 0) is 14.4 Å². The number of carboxylic acid groups (broad SMARTS) is 1. The predicted octanol–water partition coefficient (Wildman–Crippen LogP) is -0.308. The SMILES string of the molecule is CC(=O)N(C)CC(=O)NCCC(C)C(=O)O. The van der Waals surface area contributed by atoms with E-state index in [0.29, 0.717) is 13.0 Å². The molecule has 16 heavy (non-hydrogen) atoms. The quantitative estimate of drug-likeness (QED) is 0.655. The number of likely N-dealkylation sites (N-methyl/N-ethyl adjacent to an activating group) is 1. The first kappa shape index (κ1) is 14.4. The van der Waals surface area contributed by atoms with Crippen LogP contribution in [0.15, 0.2) is 0 Å². The fraction of sp³-hybridized carbons (Fsp3) is 0.700. The fourth-order valence-electron chi connectivity index (χ4n) is 0.934. The molecule has 0 aromatic rings. The second-order valence-electron chi connectivity index (χ2n) is 3.75. The number of amides is 2. The van der Waals surface area contributed by atoms with Crippen molar-refractivity contribution in [2.75, 3.05) is 20.1 Å². The molecule has 0 heterocycles. The molecule has 1 atom stereocenters. The summed E-state index contributed by atoms with van der Waals surface area (Å²) in [4.78, 5) is 33.8. The molecule has 1 unspecified atom stereocenters. The molecule has 2 amide bonds. The summed E-state index contributed by atoms with van der Waals surface area (Å²) in [7, 11) is 1.53. The van der Waals surface area contributed by atoms with Gasteiger partial charge in [0.2, 0.25) is 11.8 Å². The molecule has 0 aliphatic rings. The molecule has 0 saturated carbocycles. The lowest BCUT2D eigenvalue weighted by atomic mass is 10.1. The van der Waals surface area contributed by atoms with Crippen molar-refractivity contribution >= 4 is 17.8 Å². The smallest absolute Gasteiger partial charge is 0.306 e. The van der Waals surface area contributed by atoms with Crippen LogP contribution in [-0.4, -0.2) is 47.9 Å². The lowest BCUT2D eigenvalue weighted by Gasteiger charge is -2.14. The van der Waals surface area contributed by atoms with E-state index in [-0.39, 0.29) is 18.4 Å². The van der Waals surface area contributed by atoms with Crippen LogP contribution in [0.25, 0.3) is 0 Å². The van der Waals surface area contributed by atoms with Gasteiger partial charge in [0.25, 0.3) is 0 Å². The van der Waals surface area contributed by atoms with E-state index in [1.807, 2.05) is 0 Å². The standard InChI is InChI=1S/C10H18N2O4/c1-7(10(15)16)4-5-11-9(14)6-12(3)8(2)13/h7H,4-6H2,1-3H3,(H,11,14)(H,15,16). The molecule has 92 valence electrons. The van der Waals surface area contributed by atoms with E-state index in [1.165, 1.54) is 18.9 Å². The van der Waals surface area contributed by atoms with Gasteiger partial charge < -0.3 is 15.3 Å². The molecule has 0 aliphatic carbocycles. The average Bonchev–Trinajstić information content (AvgIpc) is 2.16. The minimum absolute atomic E-state index is 0.00319. The van der Waals surface area contributed by atoms with Crippen LogP contribution in [0.1, 0.15) is 20.3 Å². The van der Waals surface area contributed by atoms with E-state index >= 15 is 0 Å². The first-order chi connectivity index (χ1) is 7.34. The molecule has 6 nitrogen and oxygen atoms in total. The van der Waals surface area contributed by atoms with E-state index in [4.69, 9.17) is 5.11 Å². The Morgan fingerprint density at radius 2 is 1.94 bits per heavy atom. The number of carbonyl (C=O) groups is 3. The third-order valence-electron chi connectivity index (χ3n) is 2.24. The largest absolute Gasteiger partial charge is 0.481 e. The molecule has 0 spiro atoms. The third kappa shape index (κ3) is 6.00. The highest BCUT2D eigenvalue weighted by molar-refractivity contribution is 5.83. The van der Waals surface area contributed by atoms with Gasteiger partial charge in [0.05, 0.1) is 12.5 Å². The highest BCUT2D eigenvalue weighted by Gasteiger charge is 2.12. The number of hydrogen-bond acceptors (Lipinski definition) is 3. The first-order valence-electron chi connectivity index (χ1n) is 5.05. The Kier molecular flexibility index (Phi) is 6.14. The Balaban J connectivity index is 3.74. The molecule has 0 fully saturated rings. The van der Waals surface area contributed by atoms with Gasteiger partial charge in [-0.2, -0.15) is 0 Å². The molecular formula is C10H18N2O4. The molecule has 0 bridgehead atoms. The van der Waals surface area contributed by atoms with Crippen LogP contribution >= 0.6 is 0 Å². The van der Waals surface area contributed by atoms with Crippen LogP contribution in [0.2, 0.25) is 0 Å². The van der Waals surface area contributed by atoms with Crippen molar-refractivity contribution in [1.82, 2.24) is 10.2 Å². The molecule has 0 aromatic carbocycles. The Morgan fingerprint density at radius 1 is 1.38 bits per heavy atom. The number of hydrogen-bond donors (Lipinski definition) is 2. The first-order valence-corrected chi connectivity index (χ1v) is 5.05. The minimum Gasteiger partial charge on any atom is -0.481 e. The highest BCUT2D eigenvalue weighted by atomic mass is 16.4. The summed E-state index contributed by atoms with van der Waals surface area (Å²) in [6, 6.07) is 0. The van der Waals surface area contributed by atoms with Crippen LogP contribution < -0.4 is 5.32 Å². The summed E-state index contributed by atoms with van der Waals surface area (Å²) in [5.41, 5.74) is 0. The van der Waals surface area contributed by atoms with Gasteiger partial charge >= 0.3 is 5.97 Å². The van der Waals surface area contributed by atoms with Gasteiger partial charge in [-0.1, -0.05) is 6.92 Å². The maximum atomic E-state index is 11.3. The predicted molar refractivity (Wildman–Crippen MR) is 57.7 cm³/mol. The lowest BCUT2D eigenvalue weighted by molar-refractivity contribution is -0.141.